The van der Waals surface area contributed by atoms with Gasteiger partial charge in [-0.25, -0.2) is 9.18 Å². The van der Waals surface area contributed by atoms with Crippen molar-refractivity contribution in [1.82, 2.24) is 0 Å². The molecule has 0 heterocycles. The molecule has 0 saturated carbocycles. The van der Waals surface area contributed by atoms with Crippen LogP contribution in [0.15, 0.2) is 48.5 Å². The van der Waals surface area contributed by atoms with Crippen molar-refractivity contribution >= 4 is 41.0 Å². The van der Waals surface area contributed by atoms with E-state index >= 15 is 0 Å². The summed E-state index contributed by atoms with van der Waals surface area (Å²) in [7, 11) is 0. The number of ketones is 1. The summed E-state index contributed by atoms with van der Waals surface area (Å²) in [4.78, 5) is 23.4. The molecule has 0 saturated heterocycles. The van der Waals surface area contributed by atoms with E-state index in [2.05, 4.69) is 0 Å². The van der Waals surface area contributed by atoms with E-state index in [4.69, 9.17) is 27.9 Å². The smallest absolute Gasteiger partial charge is 0.331 e. The van der Waals surface area contributed by atoms with Crippen molar-refractivity contribution in [1.29, 1.82) is 0 Å². The second kappa shape index (κ2) is 7.90. The first kappa shape index (κ1) is 17.2. The van der Waals surface area contributed by atoms with E-state index in [1.165, 1.54) is 36.4 Å². The standard InChI is InChI=1S/C17H11Cl2FO3/c18-12-6-4-11(5-7-12)16(21)10-23-17(22)9-8-13-14(19)2-1-3-15(13)20/h1-9H,10H2/b9-8+. The quantitative estimate of drug-likeness (QED) is 0.449. The summed E-state index contributed by atoms with van der Waals surface area (Å²) in [6.45, 7) is -0.421. The molecule has 2 aromatic rings. The number of halogens is 3. The number of ether oxygens (including phenoxy) is 1. The summed E-state index contributed by atoms with van der Waals surface area (Å²) < 4.78 is 18.3. The van der Waals surface area contributed by atoms with Gasteiger partial charge in [-0.2, -0.15) is 0 Å². The molecule has 0 N–H and O–H groups in total. The summed E-state index contributed by atoms with van der Waals surface area (Å²) in [5, 5.41) is 0.675. The van der Waals surface area contributed by atoms with Crippen LogP contribution < -0.4 is 0 Å². The maximum atomic E-state index is 13.5. The third-order valence-corrected chi connectivity index (χ3v) is 3.48. The first-order chi connectivity index (χ1) is 11.0. The van der Waals surface area contributed by atoms with Crippen LogP contribution in [-0.4, -0.2) is 18.4 Å². The number of benzene rings is 2. The Morgan fingerprint density at radius 2 is 1.78 bits per heavy atom. The average Bonchev–Trinajstić information content (AvgIpc) is 2.53. The predicted octanol–water partition coefficient (Wildman–Crippen LogP) is 4.57. The van der Waals surface area contributed by atoms with Crippen LogP contribution in [0.2, 0.25) is 10.0 Å². The van der Waals surface area contributed by atoms with Crippen molar-refractivity contribution in [3.8, 4) is 0 Å². The Kier molecular flexibility index (Phi) is 5.90. The van der Waals surface area contributed by atoms with E-state index in [9.17, 15) is 14.0 Å². The maximum absolute atomic E-state index is 13.5. The van der Waals surface area contributed by atoms with E-state index < -0.39 is 18.4 Å². The highest BCUT2D eigenvalue weighted by Crippen LogP contribution is 2.20. The van der Waals surface area contributed by atoms with Gasteiger partial charge in [-0.15, -0.1) is 0 Å². The highest BCUT2D eigenvalue weighted by molar-refractivity contribution is 6.32. The molecular weight excluding hydrogens is 342 g/mol. The van der Waals surface area contributed by atoms with Gasteiger partial charge in [0.25, 0.3) is 0 Å². The highest BCUT2D eigenvalue weighted by Gasteiger charge is 2.09. The van der Waals surface area contributed by atoms with Crippen molar-refractivity contribution in [3.63, 3.8) is 0 Å². The summed E-state index contributed by atoms with van der Waals surface area (Å²) >= 11 is 11.5. The van der Waals surface area contributed by atoms with Crippen LogP contribution in [-0.2, 0) is 9.53 Å². The van der Waals surface area contributed by atoms with Crippen LogP contribution >= 0.6 is 23.2 Å². The van der Waals surface area contributed by atoms with Crippen molar-refractivity contribution in [2.45, 2.75) is 0 Å². The maximum Gasteiger partial charge on any atom is 0.331 e. The minimum absolute atomic E-state index is 0.0788. The van der Waals surface area contributed by atoms with Crippen LogP contribution in [0.4, 0.5) is 4.39 Å². The number of carbonyl (C=O) groups is 2. The topological polar surface area (TPSA) is 43.4 Å². The molecule has 23 heavy (non-hydrogen) atoms. The van der Waals surface area contributed by atoms with E-state index in [0.29, 0.717) is 10.6 Å². The molecule has 0 bridgehead atoms. The molecule has 2 rings (SSSR count). The zero-order valence-electron chi connectivity index (χ0n) is 11.8. The van der Waals surface area contributed by atoms with Gasteiger partial charge >= 0.3 is 5.97 Å². The monoisotopic (exact) mass is 352 g/mol. The zero-order valence-corrected chi connectivity index (χ0v) is 13.3. The number of Topliss-reactive ketones (excluding diaryl/α,β-unsaturated/α-hetero) is 1. The number of rotatable bonds is 5. The van der Waals surface area contributed by atoms with Crippen LogP contribution in [0.25, 0.3) is 6.08 Å². The third-order valence-electron chi connectivity index (χ3n) is 2.90. The average molecular weight is 353 g/mol. The molecule has 118 valence electrons. The number of hydrogen-bond donors (Lipinski definition) is 0. The Bertz CT molecular complexity index is 735. The van der Waals surface area contributed by atoms with Gasteiger partial charge in [-0.05, 0) is 42.5 Å². The van der Waals surface area contributed by atoms with Crippen LogP contribution in [0.1, 0.15) is 15.9 Å². The number of hydrogen-bond acceptors (Lipinski definition) is 3. The van der Waals surface area contributed by atoms with Crippen molar-refractivity contribution in [2.24, 2.45) is 0 Å². The SMILES string of the molecule is O=C(/C=C/c1c(F)cccc1Cl)OCC(=O)c1ccc(Cl)cc1. The minimum Gasteiger partial charge on any atom is -0.454 e. The Labute approximate surface area is 142 Å². The fourth-order valence-corrected chi connectivity index (χ4v) is 2.08. The van der Waals surface area contributed by atoms with Crippen LogP contribution in [0.3, 0.4) is 0 Å². The lowest BCUT2D eigenvalue weighted by molar-refractivity contribution is -0.136. The lowest BCUT2D eigenvalue weighted by atomic mass is 10.1. The molecule has 0 fully saturated rings. The highest BCUT2D eigenvalue weighted by atomic mass is 35.5. The fourth-order valence-electron chi connectivity index (χ4n) is 1.73. The summed E-state index contributed by atoms with van der Waals surface area (Å²) in [5.41, 5.74) is 0.457. The van der Waals surface area contributed by atoms with Crippen LogP contribution in [0, 0.1) is 5.82 Å². The van der Waals surface area contributed by atoms with E-state index in [1.807, 2.05) is 0 Å². The molecule has 0 spiro atoms. The van der Waals surface area contributed by atoms with Gasteiger partial charge in [-0.1, -0.05) is 29.3 Å². The lowest BCUT2D eigenvalue weighted by Gasteiger charge is -2.03. The Morgan fingerprint density at radius 1 is 1.09 bits per heavy atom. The van der Waals surface area contributed by atoms with Gasteiger partial charge in [0.15, 0.2) is 12.4 Å². The van der Waals surface area contributed by atoms with Crippen molar-refractivity contribution in [3.05, 3.63) is 75.5 Å². The van der Waals surface area contributed by atoms with E-state index in [-0.39, 0.29) is 16.4 Å². The van der Waals surface area contributed by atoms with Gasteiger partial charge in [0.2, 0.25) is 0 Å². The summed E-state index contributed by atoms with van der Waals surface area (Å²) in [5.74, 6) is -1.70. The largest absolute Gasteiger partial charge is 0.454 e. The molecule has 3 nitrogen and oxygen atoms in total. The molecule has 0 aliphatic heterocycles. The van der Waals surface area contributed by atoms with Gasteiger partial charge in [0, 0.05) is 22.2 Å². The number of carbonyl (C=O) groups excluding carboxylic acids is 2. The summed E-state index contributed by atoms with van der Waals surface area (Å²) in [6.07, 6.45) is 2.21. The van der Waals surface area contributed by atoms with E-state index in [1.54, 1.807) is 12.1 Å². The van der Waals surface area contributed by atoms with Gasteiger partial charge in [0.1, 0.15) is 5.82 Å². The molecule has 0 unspecified atom stereocenters. The second-order valence-electron chi connectivity index (χ2n) is 4.51. The Morgan fingerprint density at radius 3 is 2.43 bits per heavy atom. The zero-order chi connectivity index (χ0) is 16.8. The van der Waals surface area contributed by atoms with Gasteiger partial charge < -0.3 is 4.74 Å². The second-order valence-corrected chi connectivity index (χ2v) is 5.35. The molecule has 0 atom stereocenters. The summed E-state index contributed by atoms with van der Waals surface area (Å²) in [6, 6.07) is 10.4. The molecule has 0 amide bonds. The normalized spacial score (nSPS) is 10.7. The molecule has 0 aliphatic carbocycles. The van der Waals surface area contributed by atoms with Crippen molar-refractivity contribution in [2.75, 3.05) is 6.61 Å². The Hall–Kier alpha value is -2.17. The molecule has 6 heteroatoms. The molecule has 2 aromatic carbocycles. The van der Waals surface area contributed by atoms with Crippen LogP contribution in [0.5, 0.6) is 0 Å². The van der Waals surface area contributed by atoms with Gasteiger partial charge in [0.05, 0.1) is 5.02 Å². The van der Waals surface area contributed by atoms with Gasteiger partial charge in [-0.3, -0.25) is 4.79 Å². The number of esters is 1. The Balaban J connectivity index is 1.93. The lowest BCUT2D eigenvalue weighted by Crippen LogP contribution is -2.12. The molecule has 0 aromatic heterocycles. The first-order valence-corrected chi connectivity index (χ1v) is 7.30. The van der Waals surface area contributed by atoms with E-state index in [0.717, 1.165) is 6.08 Å². The molecule has 0 aliphatic rings. The predicted molar refractivity (Wildman–Crippen MR) is 87.2 cm³/mol. The fraction of sp³-hybridized carbons (Fsp3) is 0.0588. The molecule has 0 radical (unpaired) electrons. The molecular formula is C17H11Cl2FO3. The first-order valence-electron chi connectivity index (χ1n) is 6.55. The third kappa shape index (κ3) is 4.91. The van der Waals surface area contributed by atoms with Crippen molar-refractivity contribution < 1.29 is 18.7 Å². The minimum atomic E-state index is -0.772.